The highest BCUT2D eigenvalue weighted by Gasteiger charge is 2.46. The number of rotatable bonds is 20. The summed E-state index contributed by atoms with van der Waals surface area (Å²) in [5.74, 6) is -1.55. The molecule has 7 amide bonds. The number of carbonyl (C=O) groups is 6. The van der Waals surface area contributed by atoms with Crippen LogP contribution in [0, 0.1) is 11.3 Å². The van der Waals surface area contributed by atoms with E-state index < -0.39 is 42.2 Å². The number of urea groups is 1. The van der Waals surface area contributed by atoms with Gasteiger partial charge in [0.15, 0.2) is 6.61 Å². The molecular weight excluding hydrogens is 923 g/mol. The van der Waals surface area contributed by atoms with Gasteiger partial charge in [0.25, 0.3) is 17.7 Å². The minimum atomic E-state index is -1.11. The van der Waals surface area contributed by atoms with Gasteiger partial charge in [-0.1, -0.05) is 30.3 Å². The third-order valence-electron chi connectivity index (χ3n) is 12.8. The zero-order chi connectivity index (χ0) is 50.6. The molecule has 3 aromatic carbocycles. The van der Waals surface area contributed by atoms with Crippen molar-refractivity contribution in [2.45, 2.75) is 76.0 Å². The summed E-state index contributed by atoms with van der Waals surface area (Å²) in [7, 11) is 1.71. The number of aryl methyl sites for hydroxylation is 1. The Kier molecular flexibility index (Phi) is 16.3. The average Bonchev–Trinajstić information content (AvgIpc) is 3.65. The number of benzene rings is 3. The van der Waals surface area contributed by atoms with Gasteiger partial charge in [-0.15, -0.1) is 0 Å². The lowest BCUT2D eigenvalue weighted by Gasteiger charge is -2.37. The number of fused-ring (bicyclic) bond motifs is 1. The SMILES string of the molecule is Cn1cc(-c2ccc(N(C(=O)NCc3ccc(OCCOCCCCNC(=O)COc4cccc5c4C(=O)N(C4CCC(=O)NC4=O)C5=O)cc3)[C@H]3CC[C@H](Nc4ccc(C#N)cn4)CC3)cc2)ccc1=O. The van der Waals surface area contributed by atoms with Crippen LogP contribution in [0.4, 0.5) is 16.3 Å². The van der Waals surface area contributed by atoms with E-state index >= 15 is 0 Å². The predicted molar refractivity (Wildman–Crippen MR) is 264 cm³/mol. The molecule has 3 aliphatic rings. The molecule has 19 nitrogen and oxygen atoms in total. The number of nitriles is 1. The van der Waals surface area contributed by atoms with Crippen molar-refractivity contribution < 1.29 is 43.0 Å². The highest BCUT2D eigenvalue weighted by Crippen LogP contribution is 2.34. The van der Waals surface area contributed by atoms with Crippen LogP contribution in [0.1, 0.15) is 83.2 Å². The Labute approximate surface area is 415 Å². The molecule has 0 spiro atoms. The summed E-state index contributed by atoms with van der Waals surface area (Å²) in [4.78, 5) is 96.0. The molecule has 1 saturated carbocycles. The Bertz CT molecular complexity index is 2890. The van der Waals surface area contributed by atoms with E-state index in [0.717, 1.165) is 53.0 Å². The number of ether oxygens (including phenoxy) is 3. The number of carbonyl (C=O) groups excluding carboxylic acids is 6. The lowest BCUT2D eigenvalue weighted by atomic mass is 9.89. The Hall–Kier alpha value is -8.37. The topological polar surface area (TPSA) is 243 Å². The van der Waals surface area contributed by atoms with Gasteiger partial charge >= 0.3 is 6.03 Å². The molecule has 1 saturated heterocycles. The number of nitrogens with zero attached hydrogens (tertiary/aromatic N) is 5. The first-order chi connectivity index (χ1) is 34.9. The molecule has 0 radical (unpaired) electrons. The summed E-state index contributed by atoms with van der Waals surface area (Å²) in [6, 6.07) is 27.5. The van der Waals surface area contributed by atoms with Crippen LogP contribution in [0.15, 0.2) is 108 Å². The molecule has 4 N–H and O–H groups in total. The number of aromatic nitrogens is 2. The molecular formula is C53H55N9O10. The van der Waals surface area contributed by atoms with Gasteiger partial charge in [-0.25, -0.2) is 9.78 Å². The summed E-state index contributed by atoms with van der Waals surface area (Å²) in [5, 5.41) is 20.7. The average molecular weight is 978 g/mol. The number of hydrogen-bond donors (Lipinski definition) is 4. The molecule has 8 rings (SSSR count). The number of unbranched alkanes of at least 4 members (excludes halogenated alkanes) is 1. The molecule has 19 heteroatoms. The van der Waals surface area contributed by atoms with Crippen LogP contribution in [-0.2, 0) is 32.7 Å². The van der Waals surface area contributed by atoms with Crippen molar-refractivity contribution in [2.75, 3.05) is 43.2 Å². The molecule has 0 bridgehead atoms. The van der Waals surface area contributed by atoms with E-state index in [9.17, 15) is 33.6 Å². The minimum absolute atomic E-state index is 0.00377. The number of nitrogens with one attached hydrogen (secondary N) is 4. The Morgan fingerprint density at radius 3 is 2.32 bits per heavy atom. The molecule has 2 fully saturated rings. The van der Waals surface area contributed by atoms with Crippen LogP contribution in [0.2, 0.25) is 0 Å². The fraction of sp³-hybridized carbons (Fsp3) is 0.340. The van der Waals surface area contributed by atoms with Crippen molar-refractivity contribution in [3.8, 4) is 28.7 Å². The maximum atomic E-state index is 14.1. The first-order valence-electron chi connectivity index (χ1n) is 24.0. The van der Waals surface area contributed by atoms with Gasteiger partial charge in [-0.2, -0.15) is 5.26 Å². The summed E-state index contributed by atoms with van der Waals surface area (Å²) in [6.45, 7) is 1.41. The molecule has 2 aliphatic heterocycles. The zero-order valence-electron chi connectivity index (χ0n) is 39.8. The van der Waals surface area contributed by atoms with E-state index in [4.69, 9.17) is 19.5 Å². The molecule has 1 unspecified atom stereocenters. The largest absolute Gasteiger partial charge is 0.491 e. The number of hydrogen-bond acceptors (Lipinski definition) is 13. The van der Waals surface area contributed by atoms with E-state index in [0.29, 0.717) is 62.9 Å². The van der Waals surface area contributed by atoms with Gasteiger partial charge in [-0.05, 0) is 116 Å². The highest BCUT2D eigenvalue weighted by atomic mass is 16.5. The van der Waals surface area contributed by atoms with Crippen LogP contribution in [-0.4, -0.2) is 101 Å². The summed E-state index contributed by atoms with van der Waals surface area (Å²) in [5.41, 5.74) is 3.93. The van der Waals surface area contributed by atoms with E-state index in [1.54, 1.807) is 31.6 Å². The Morgan fingerprint density at radius 2 is 1.60 bits per heavy atom. The summed E-state index contributed by atoms with van der Waals surface area (Å²) >= 11 is 0. The third kappa shape index (κ3) is 12.3. The van der Waals surface area contributed by atoms with Crippen molar-refractivity contribution in [3.63, 3.8) is 0 Å². The smallest absolute Gasteiger partial charge is 0.322 e. The van der Waals surface area contributed by atoms with Gasteiger partial charge < -0.3 is 34.7 Å². The molecule has 4 heterocycles. The Balaban J connectivity index is 0.738. The van der Waals surface area contributed by atoms with Gasteiger partial charge in [-0.3, -0.25) is 43.9 Å². The fourth-order valence-electron chi connectivity index (χ4n) is 8.95. The number of anilines is 2. The number of amides is 7. The van der Waals surface area contributed by atoms with E-state index in [1.807, 2.05) is 59.5 Å². The second-order valence-corrected chi connectivity index (χ2v) is 17.7. The molecule has 2 aromatic heterocycles. The second kappa shape index (κ2) is 23.5. The van der Waals surface area contributed by atoms with Crippen molar-refractivity contribution in [2.24, 2.45) is 7.05 Å². The molecule has 1 atom stereocenters. The van der Waals surface area contributed by atoms with E-state index in [2.05, 4.69) is 32.3 Å². The van der Waals surface area contributed by atoms with Crippen molar-refractivity contribution in [1.82, 2.24) is 30.4 Å². The van der Waals surface area contributed by atoms with Crippen LogP contribution in [0.3, 0.4) is 0 Å². The normalized spacial score (nSPS) is 17.3. The lowest BCUT2D eigenvalue weighted by molar-refractivity contribution is -0.136. The highest BCUT2D eigenvalue weighted by molar-refractivity contribution is 6.24. The van der Waals surface area contributed by atoms with Crippen LogP contribution in [0.5, 0.6) is 11.5 Å². The minimum Gasteiger partial charge on any atom is -0.491 e. The molecule has 72 heavy (non-hydrogen) atoms. The quantitative estimate of drug-likeness (QED) is 0.0578. The number of piperidine rings is 1. The van der Waals surface area contributed by atoms with Gasteiger partial charge in [0.2, 0.25) is 17.4 Å². The second-order valence-electron chi connectivity index (χ2n) is 17.7. The van der Waals surface area contributed by atoms with Gasteiger partial charge in [0.1, 0.15) is 36.0 Å². The zero-order valence-corrected chi connectivity index (χ0v) is 39.8. The third-order valence-corrected chi connectivity index (χ3v) is 12.8. The lowest BCUT2D eigenvalue weighted by Crippen LogP contribution is -2.54. The van der Waals surface area contributed by atoms with Gasteiger partial charge in [0.05, 0.1) is 23.3 Å². The van der Waals surface area contributed by atoms with Crippen molar-refractivity contribution in [1.29, 1.82) is 5.26 Å². The van der Waals surface area contributed by atoms with E-state index in [1.165, 1.54) is 28.8 Å². The standard InChI is InChI=1S/C53H55N9O10/c1-60-32-37(12-24-48(60)65)36-10-15-39(16-11-36)61(40-17-13-38(14-18-40)58-45-22-9-35(29-54)31-56-45)53(69)57-30-34-7-19-41(20-8-34)71-28-27-70-26-3-2-25-55-47(64)33-72-44-6-4-5-42-49(44)52(68)62(51(42)67)43-21-23-46(63)59-50(43)66/h4-12,15-16,19-20,22,24,31-32,38,40,43H,2-3,13-14,17-18,21,23,25-28,30,33H2,1H3,(H,55,64)(H,56,58)(H,57,69)(H,59,63,66)/t38-,40-,43?. The maximum Gasteiger partial charge on any atom is 0.322 e. The maximum absolute atomic E-state index is 14.1. The monoisotopic (exact) mass is 977 g/mol. The predicted octanol–water partition coefficient (Wildman–Crippen LogP) is 5.23. The molecule has 5 aromatic rings. The van der Waals surface area contributed by atoms with E-state index in [-0.39, 0.29) is 53.4 Å². The Morgan fingerprint density at radius 1 is 0.819 bits per heavy atom. The van der Waals surface area contributed by atoms with Crippen LogP contribution in [0.25, 0.3) is 11.1 Å². The molecule has 372 valence electrons. The first-order valence-corrected chi connectivity index (χ1v) is 24.0. The van der Waals surface area contributed by atoms with Gasteiger partial charge in [0, 0.05) is 69.4 Å². The molecule has 1 aliphatic carbocycles. The number of pyridine rings is 2. The van der Waals surface area contributed by atoms with Crippen LogP contribution < -0.4 is 41.2 Å². The summed E-state index contributed by atoms with van der Waals surface area (Å²) in [6.07, 6.45) is 7.87. The first kappa shape index (κ1) is 50.0. The van der Waals surface area contributed by atoms with Crippen molar-refractivity contribution >= 4 is 47.1 Å². The fourth-order valence-corrected chi connectivity index (χ4v) is 8.95. The van der Waals surface area contributed by atoms with Crippen LogP contribution >= 0.6 is 0 Å². The number of imide groups is 2. The summed E-state index contributed by atoms with van der Waals surface area (Å²) < 4.78 is 18.8. The van der Waals surface area contributed by atoms with Crippen molar-refractivity contribution in [3.05, 3.63) is 136 Å².